The lowest BCUT2D eigenvalue weighted by molar-refractivity contribution is 0.591. The number of hydrogen-bond acceptors (Lipinski definition) is 4. The lowest BCUT2D eigenvalue weighted by Crippen LogP contribution is -2.23. The van der Waals surface area contributed by atoms with Crippen molar-refractivity contribution >= 4 is 32.9 Å². The molecule has 0 amide bonds. The predicted octanol–water partition coefficient (Wildman–Crippen LogP) is 7.20. The quantitative estimate of drug-likeness (QED) is 0.294. The van der Waals surface area contributed by atoms with Crippen LogP contribution in [0.3, 0.4) is 0 Å². The highest BCUT2D eigenvalue weighted by Crippen LogP contribution is 2.35. The molecule has 4 nitrogen and oxygen atoms in total. The van der Waals surface area contributed by atoms with E-state index < -0.39 is 0 Å². The maximum Gasteiger partial charge on any atom is 0.100 e. The van der Waals surface area contributed by atoms with Gasteiger partial charge in [-0.1, -0.05) is 54.6 Å². The van der Waals surface area contributed by atoms with Gasteiger partial charge < -0.3 is 5.32 Å². The van der Waals surface area contributed by atoms with E-state index in [0.717, 1.165) is 43.9 Å². The largest absolute Gasteiger partial charge is 0.302 e. The van der Waals surface area contributed by atoms with Crippen molar-refractivity contribution in [1.29, 1.82) is 10.5 Å². The Labute approximate surface area is 213 Å². The van der Waals surface area contributed by atoms with Crippen molar-refractivity contribution < 1.29 is 0 Å². The second-order valence-corrected chi connectivity index (χ2v) is 9.28. The summed E-state index contributed by atoms with van der Waals surface area (Å²) < 4.78 is 0.788. The van der Waals surface area contributed by atoms with E-state index >= 15 is 0 Å². The van der Waals surface area contributed by atoms with Crippen LogP contribution in [0.1, 0.15) is 34.7 Å². The highest BCUT2D eigenvalue weighted by molar-refractivity contribution is 9.10. The Bertz CT molecular complexity index is 1560. The summed E-state index contributed by atoms with van der Waals surface area (Å²) in [6.07, 6.45) is 4.61. The number of halogens is 1. The van der Waals surface area contributed by atoms with Gasteiger partial charge in [0.05, 0.1) is 23.2 Å². The average molecular weight is 517 g/mol. The molecule has 0 fully saturated rings. The molecule has 1 heterocycles. The number of fused-ring (bicyclic) bond motifs is 1. The van der Waals surface area contributed by atoms with Crippen molar-refractivity contribution in [3.05, 3.63) is 117 Å². The molecule has 0 bridgehead atoms. The molecule has 4 aromatic rings. The van der Waals surface area contributed by atoms with Gasteiger partial charge in [-0.3, -0.25) is 4.99 Å². The predicted molar refractivity (Wildman–Crippen MR) is 144 cm³/mol. The second-order valence-electron chi connectivity index (χ2n) is 8.42. The Hall–Kier alpha value is -4.03. The SMILES string of the molecule is N#Cc1ccc(CNC(C2=CN=CC2)c2ccc(C#N)c(-c3cccc4ccccc34)c2)cc1Br. The van der Waals surface area contributed by atoms with Crippen molar-refractivity contribution in [2.45, 2.75) is 19.0 Å². The molecular weight excluding hydrogens is 496 g/mol. The molecule has 168 valence electrons. The van der Waals surface area contributed by atoms with E-state index in [9.17, 15) is 10.5 Å². The van der Waals surface area contributed by atoms with Crippen LogP contribution in [0, 0.1) is 22.7 Å². The summed E-state index contributed by atoms with van der Waals surface area (Å²) in [5.41, 5.74) is 6.56. The molecule has 5 heteroatoms. The van der Waals surface area contributed by atoms with Crippen molar-refractivity contribution in [3.8, 4) is 23.3 Å². The smallest absolute Gasteiger partial charge is 0.100 e. The molecule has 0 saturated heterocycles. The maximum absolute atomic E-state index is 9.89. The molecular formula is C30H21BrN4. The van der Waals surface area contributed by atoms with Gasteiger partial charge in [0.15, 0.2) is 0 Å². The summed E-state index contributed by atoms with van der Waals surface area (Å²) in [7, 11) is 0. The molecule has 1 aliphatic heterocycles. The lowest BCUT2D eigenvalue weighted by atomic mass is 9.90. The Morgan fingerprint density at radius 1 is 0.886 bits per heavy atom. The molecule has 0 aliphatic carbocycles. The van der Waals surface area contributed by atoms with Crippen molar-refractivity contribution in [2.75, 3.05) is 0 Å². The van der Waals surface area contributed by atoms with Gasteiger partial charge in [-0.15, -0.1) is 0 Å². The molecule has 0 aromatic heterocycles. The number of rotatable bonds is 6. The van der Waals surface area contributed by atoms with Crippen molar-refractivity contribution in [3.63, 3.8) is 0 Å². The lowest BCUT2D eigenvalue weighted by Gasteiger charge is -2.22. The van der Waals surface area contributed by atoms with Gasteiger partial charge in [-0.25, -0.2) is 0 Å². The fourth-order valence-electron chi connectivity index (χ4n) is 4.52. The summed E-state index contributed by atoms with van der Waals surface area (Å²) in [6.45, 7) is 0.621. The third-order valence-electron chi connectivity index (χ3n) is 6.29. The molecule has 0 saturated carbocycles. The molecule has 35 heavy (non-hydrogen) atoms. The Morgan fingerprint density at radius 2 is 1.69 bits per heavy atom. The van der Waals surface area contributed by atoms with Crippen LogP contribution in [0.2, 0.25) is 0 Å². The topological polar surface area (TPSA) is 72.0 Å². The number of benzene rings is 4. The molecule has 1 unspecified atom stereocenters. The van der Waals surface area contributed by atoms with Gasteiger partial charge in [0.2, 0.25) is 0 Å². The summed E-state index contributed by atoms with van der Waals surface area (Å²) in [6, 6.07) is 30.8. The summed E-state index contributed by atoms with van der Waals surface area (Å²) in [5.74, 6) is 0. The average Bonchev–Trinajstić information content (AvgIpc) is 3.43. The maximum atomic E-state index is 9.89. The van der Waals surface area contributed by atoms with Crippen LogP contribution in [0.15, 0.2) is 100 Å². The zero-order chi connectivity index (χ0) is 24.2. The van der Waals surface area contributed by atoms with E-state index in [0.29, 0.717) is 17.7 Å². The first-order valence-electron chi connectivity index (χ1n) is 11.3. The van der Waals surface area contributed by atoms with Crippen LogP contribution < -0.4 is 5.32 Å². The van der Waals surface area contributed by atoms with Crippen LogP contribution in [0.5, 0.6) is 0 Å². The number of nitrogens with one attached hydrogen (secondary N) is 1. The van der Waals surface area contributed by atoms with Crippen LogP contribution in [0.4, 0.5) is 0 Å². The third-order valence-corrected chi connectivity index (χ3v) is 6.94. The Morgan fingerprint density at radius 3 is 2.46 bits per heavy atom. The zero-order valence-corrected chi connectivity index (χ0v) is 20.5. The van der Waals surface area contributed by atoms with Gasteiger partial charge in [-0.2, -0.15) is 10.5 Å². The van der Waals surface area contributed by atoms with Gasteiger partial charge in [0.1, 0.15) is 6.07 Å². The van der Waals surface area contributed by atoms with E-state index in [1.165, 1.54) is 5.57 Å². The minimum atomic E-state index is -0.0617. The second kappa shape index (κ2) is 10.1. The highest BCUT2D eigenvalue weighted by Gasteiger charge is 2.20. The van der Waals surface area contributed by atoms with E-state index in [-0.39, 0.29) is 6.04 Å². The highest BCUT2D eigenvalue weighted by atomic mass is 79.9. The first-order chi connectivity index (χ1) is 17.2. The standard InChI is InChI=1S/C30H21BrN4/c31-29-14-20(8-9-24(29)17-33)18-35-30(25-12-13-34-19-25)22-10-11-23(16-32)28(15-22)27-7-3-5-21-4-1-2-6-26(21)27/h1-11,13-15,19,30,35H,12,18H2. The molecule has 5 rings (SSSR count). The van der Waals surface area contributed by atoms with Gasteiger partial charge >= 0.3 is 0 Å². The Balaban J connectivity index is 1.54. The molecule has 0 spiro atoms. The van der Waals surface area contributed by atoms with Gasteiger partial charge in [-0.05, 0) is 73.2 Å². The van der Waals surface area contributed by atoms with Crippen molar-refractivity contribution in [2.24, 2.45) is 4.99 Å². The van der Waals surface area contributed by atoms with E-state index in [2.05, 4.69) is 68.7 Å². The summed E-state index contributed by atoms with van der Waals surface area (Å²) >= 11 is 3.48. The summed E-state index contributed by atoms with van der Waals surface area (Å²) in [4.78, 5) is 4.34. The van der Waals surface area contributed by atoms with Crippen LogP contribution >= 0.6 is 15.9 Å². The number of nitrogens with zero attached hydrogens (tertiary/aromatic N) is 3. The molecule has 0 radical (unpaired) electrons. The first kappa shape index (κ1) is 22.7. The molecule has 1 atom stereocenters. The molecule has 1 N–H and O–H groups in total. The fourth-order valence-corrected chi connectivity index (χ4v) is 5.03. The number of aliphatic imine (C=N–C) groups is 1. The number of hydrogen-bond donors (Lipinski definition) is 1. The van der Waals surface area contributed by atoms with Crippen LogP contribution in [0.25, 0.3) is 21.9 Å². The minimum Gasteiger partial charge on any atom is -0.302 e. The fraction of sp³-hybridized carbons (Fsp3) is 0.100. The molecule has 1 aliphatic rings. The normalized spacial score (nSPS) is 13.3. The van der Waals surface area contributed by atoms with E-state index in [4.69, 9.17) is 0 Å². The summed E-state index contributed by atoms with van der Waals surface area (Å²) in [5, 5.41) is 25.0. The van der Waals surface area contributed by atoms with E-state index in [1.54, 1.807) is 0 Å². The van der Waals surface area contributed by atoms with Gasteiger partial charge in [0, 0.05) is 35.4 Å². The third kappa shape index (κ3) is 4.66. The number of nitriles is 2. The minimum absolute atomic E-state index is 0.0617. The van der Waals surface area contributed by atoms with Crippen LogP contribution in [-0.2, 0) is 6.54 Å². The van der Waals surface area contributed by atoms with Gasteiger partial charge in [0.25, 0.3) is 0 Å². The zero-order valence-electron chi connectivity index (χ0n) is 18.9. The van der Waals surface area contributed by atoms with E-state index in [1.807, 2.05) is 60.9 Å². The first-order valence-corrected chi connectivity index (χ1v) is 12.1. The van der Waals surface area contributed by atoms with Crippen LogP contribution in [-0.4, -0.2) is 6.21 Å². The van der Waals surface area contributed by atoms with Crippen molar-refractivity contribution in [1.82, 2.24) is 5.32 Å². The Kier molecular flexibility index (Phi) is 6.55. The monoisotopic (exact) mass is 516 g/mol. The molecule has 4 aromatic carbocycles.